The Kier molecular flexibility index (Phi) is 4.43. The number of aromatic nitrogens is 2. The second-order valence-electron chi connectivity index (χ2n) is 4.06. The number of halogens is 3. The molecule has 114 valence electrons. The Morgan fingerprint density at radius 3 is 2.71 bits per heavy atom. The van der Waals surface area contributed by atoms with Crippen LogP contribution in [-0.2, 0) is 15.7 Å². The lowest BCUT2D eigenvalue weighted by molar-refractivity contribution is -0.159. The SMILES string of the molecule is CCC(=O)[C@H](OC)c1ccc(-c2noc(C(F)(F)F)n2)s1. The van der Waals surface area contributed by atoms with Gasteiger partial charge in [0.15, 0.2) is 5.78 Å². The monoisotopic (exact) mass is 320 g/mol. The van der Waals surface area contributed by atoms with Gasteiger partial charge >= 0.3 is 12.1 Å². The molecule has 5 nitrogen and oxygen atoms in total. The molecule has 0 saturated carbocycles. The minimum absolute atomic E-state index is 0.116. The second-order valence-corrected chi connectivity index (χ2v) is 5.17. The van der Waals surface area contributed by atoms with E-state index in [0.717, 1.165) is 11.3 Å². The third kappa shape index (κ3) is 3.30. The number of hydrogen-bond donors (Lipinski definition) is 0. The molecule has 0 radical (unpaired) electrons. The molecule has 0 N–H and O–H groups in total. The maximum Gasteiger partial charge on any atom is 0.471 e. The summed E-state index contributed by atoms with van der Waals surface area (Å²) < 4.78 is 46.5. The first-order valence-electron chi connectivity index (χ1n) is 5.93. The Balaban J connectivity index is 2.27. The van der Waals surface area contributed by atoms with Gasteiger partial charge in [-0.05, 0) is 12.1 Å². The van der Waals surface area contributed by atoms with E-state index < -0.39 is 18.2 Å². The van der Waals surface area contributed by atoms with Gasteiger partial charge < -0.3 is 9.26 Å². The number of thiophene rings is 1. The molecule has 1 atom stereocenters. The van der Waals surface area contributed by atoms with Crippen LogP contribution in [0.15, 0.2) is 16.7 Å². The van der Waals surface area contributed by atoms with E-state index in [2.05, 4.69) is 14.7 Å². The Morgan fingerprint density at radius 2 is 2.19 bits per heavy atom. The normalized spacial score (nSPS) is 13.4. The minimum atomic E-state index is -4.68. The van der Waals surface area contributed by atoms with Crippen LogP contribution in [0.25, 0.3) is 10.7 Å². The number of methoxy groups -OCH3 is 1. The summed E-state index contributed by atoms with van der Waals surface area (Å²) in [4.78, 5) is 16.0. The first-order valence-corrected chi connectivity index (χ1v) is 6.75. The zero-order valence-corrected chi connectivity index (χ0v) is 11.9. The van der Waals surface area contributed by atoms with Gasteiger partial charge in [-0.2, -0.15) is 18.2 Å². The molecule has 2 aromatic heterocycles. The number of ketones is 1. The molecule has 0 spiro atoms. The lowest BCUT2D eigenvalue weighted by Gasteiger charge is -2.10. The van der Waals surface area contributed by atoms with Gasteiger partial charge in [0, 0.05) is 18.4 Å². The summed E-state index contributed by atoms with van der Waals surface area (Å²) in [6, 6.07) is 3.13. The van der Waals surface area contributed by atoms with Crippen LogP contribution in [0.3, 0.4) is 0 Å². The standard InChI is InChI=1S/C12H11F3N2O3S/c1-3-6(18)9(19-2)7-4-5-8(21-7)10-16-11(20-17-10)12(13,14)15/h4-5,9H,3H2,1-2H3/t9-/m0/s1. The summed E-state index contributed by atoms with van der Waals surface area (Å²) in [5.41, 5.74) is 0. The van der Waals surface area contributed by atoms with Crippen LogP contribution in [0.5, 0.6) is 0 Å². The molecule has 2 rings (SSSR count). The average molecular weight is 320 g/mol. The summed E-state index contributed by atoms with van der Waals surface area (Å²) >= 11 is 1.09. The highest BCUT2D eigenvalue weighted by atomic mass is 32.1. The van der Waals surface area contributed by atoms with E-state index in [1.54, 1.807) is 13.0 Å². The van der Waals surface area contributed by atoms with E-state index in [9.17, 15) is 18.0 Å². The highest BCUT2D eigenvalue weighted by molar-refractivity contribution is 7.15. The molecule has 0 fully saturated rings. The van der Waals surface area contributed by atoms with Crippen molar-refractivity contribution in [3.8, 4) is 10.7 Å². The molecule has 0 aliphatic carbocycles. The predicted octanol–water partition coefficient (Wildman–Crippen LogP) is 3.48. The summed E-state index contributed by atoms with van der Waals surface area (Å²) in [6.07, 6.45) is -5.12. The lowest BCUT2D eigenvalue weighted by Crippen LogP contribution is -2.11. The van der Waals surface area contributed by atoms with Crippen LogP contribution in [0.2, 0.25) is 0 Å². The van der Waals surface area contributed by atoms with Gasteiger partial charge in [0.1, 0.15) is 6.10 Å². The molecule has 21 heavy (non-hydrogen) atoms. The first kappa shape index (κ1) is 15.6. The maximum atomic E-state index is 12.4. The molecule has 0 amide bonds. The van der Waals surface area contributed by atoms with Gasteiger partial charge in [-0.15, -0.1) is 11.3 Å². The van der Waals surface area contributed by atoms with Crippen molar-refractivity contribution in [1.29, 1.82) is 0 Å². The zero-order valence-electron chi connectivity index (χ0n) is 11.1. The molecule has 2 aromatic rings. The maximum absolute atomic E-state index is 12.4. The first-order chi connectivity index (χ1) is 9.86. The van der Waals surface area contributed by atoms with Gasteiger partial charge in [-0.1, -0.05) is 12.1 Å². The number of rotatable bonds is 5. The van der Waals surface area contributed by atoms with Gasteiger partial charge in [-0.3, -0.25) is 4.79 Å². The number of hydrogen-bond acceptors (Lipinski definition) is 6. The molecule has 0 unspecified atom stereocenters. The summed E-state index contributed by atoms with van der Waals surface area (Å²) in [7, 11) is 1.40. The highest BCUT2D eigenvalue weighted by Gasteiger charge is 2.38. The van der Waals surface area contributed by atoms with Crippen molar-refractivity contribution in [1.82, 2.24) is 10.1 Å². The predicted molar refractivity (Wildman–Crippen MR) is 67.7 cm³/mol. The van der Waals surface area contributed by atoms with Crippen molar-refractivity contribution in [2.45, 2.75) is 25.6 Å². The van der Waals surface area contributed by atoms with Crippen LogP contribution in [0, 0.1) is 0 Å². The van der Waals surface area contributed by atoms with Crippen LogP contribution < -0.4 is 0 Å². The van der Waals surface area contributed by atoms with E-state index in [1.165, 1.54) is 13.2 Å². The minimum Gasteiger partial charge on any atom is -0.368 e. The van der Waals surface area contributed by atoms with Crippen molar-refractivity contribution in [2.75, 3.05) is 7.11 Å². The average Bonchev–Trinajstić information content (AvgIpc) is 3.06. The molecular formula is C12H11F3N2O3S. The molecule has 0 saturated heterocycles. The number of carbonyl (C=O) groups is 1. The Morgan fingerprint density at radius 1 is 1.48 bits per heavy atom. The Labute approximate surface area is 121 Å². The van der Waals surface area contributed by atoms with Crippen molar-refractivity contribution in [3.63, 3.8) is 0 Å². The van der Waals surface area contributed by atoms with E-state index in [1.807, 2.05) is 0 Å². The van der Waals surface area contributed by atoms with Gasteiger partial charge in [-0.25, -0.2) is 0 Å². The summed E-state index contributed by atoms with van der Waals surface area (Å²) in [6.45, 7) is 1.71. The zero-order chi connectivity index (χ0) is 15.6. The summed E-state index contributed by atoms with van der Waals surface area (Å²) in [5.74, 6) is -1.69. The van der Waals surface area contributed by atoms with Crippen LogP contribution >= 0.6 is 11.3 Å². The van der Waals surface area contributed by atoms with Gasteiger partial charge in [0.25, 0.3) is 0 Å². The summed E-state index contributed by atoms with van der Waals surface area (Å²) in [5, 5.41) is 3.29. The molecule has 0 aliphatic heterocycles. The van der Waals surface area contributed by atoms with Crippen molar-refractivity contribution in [3.05, 3.63) is 22.9 Å². The third-order valence-corrected chi connectivity index (χ3v) is 3.78. The number of carbonyl (C=O) groups excluding carboxylic acids is 1. The topological polar surface area (TPSA) is 65.2 Å². The van der Waals surface area contributed by atoms with E-state index in [-0.39, 0.29) is 11.6 Å². The van der Waals surface area contributed by atoms with Crippen LogP contribution in [0.1, 0.15) is 30.2 Å². The van der Waals surface area contributed by atoms with Crippen molar-refractivity contribution in [2.24, 2.45) is 0 Å². The Hall–Kier alpha value is -1.74. The lowest BCUT2D eigenvalue weighted by atomic mass is 10.1. The molecule has 0 aliphatic rings. The largest absolute Gasteiger partial charge is 0.471 e. The number of alkyl halides is 3. The Bertz CT molecular complexity index is 636. The molecule has 0 bridgehead atoms. The van der Waals surface area contributed by atoms with E-state index in [0.29, 0.717) is 16.2 Å². The third-order valence-electron chi connectivity index (χ3n) is 2.65. The van der Waals surface area contributed by atoms with Crippen molar-refractivity contribution >= 4 is 17.1 Å². The molecule has 0 aromatic carbocycles. The fraction of sp³-hybridized carbons (Fsp3) is 0.417. The molecule has 2 heterocycles. The van der Waals surface area contributed by atoms with Crippen molar-refractivity contribution < 1.29 is 27.2 Å². The molecular weight excluding hydrogens is 309 g/mol. The van der Waals surface area contributed by atoms with E-state index >= 15 is 0 Å². The number of nitrogens with zero attached hydrogens (tertiary/aromatic N) is 2. The quantitative estimate of drug-likeness (QED) is 0.844. The van der Waals surface area contributed by atoms with E-state index in [4.69, 9.17) is 4.74 Å². The van der Waals surface area contributed by atoms with Gasteiger partial charge in [0.2, 0.25) is 5.82 Å². The number of Topliss-reactive ketones (excluding diaryl/α,β-unsaturated/α-hetero) is 1. The number of ether oxygens (including phenoxy) is 1. The van der Waals surface area contributed by atoms with Crippen LogP contribution in [0.4, 0.5) is 13.2 Å². The second kappa shape index (κ2) is 5.94. The van der Waals surface area contributed by atoms with Crippen LogP contribution in [-0.4, -0.2) is 23.0 Å². The van der Waals surface area contributed by atoms with Gasteiger partial charge in [0.05, 0.1) is 4.88 Å². The fourth-order valence-electron chi connectivity index (χ4n) is 1.64. The fourth-order valence-corrected chi connectivity index (χ4v) is 2.68. The highest BCUT2D eigenvalue weighted by Crippen LogP contribution is 2.34. The smallest absolute Gasteiger partial charge is 0.368 e. The molecule has 9 heteroatoms.